The van der Waals surface area contributed by atoms with Gasteiger partial charge in [0, 0.05) is 12.1 Å². The van der Waals surface area contributed by atoms with Crippen LogP contribution >= 0.6 is 0 Å². The molecule has 0 aliphatic rings. The molecule has 0 heterocycles. The Labute approximate surface area is 89.6 Å². The molecule has 0 saturated heterocycles. The van der Waals surface area contributed by atoms with Crippen molar-refractivity contribution in [1.82, 2.24) is 0 Å². The Morgan fingerprint density at radius 1 is 1.38 bits per heavy atom. The fourth-order valence-electron chi connectivity index (χ4n) is 1.06. The highest BCUT2D eigenvalue weighted by Gasteiger charge is 2.15. The summed E-state index contributed by atoms with van der Waals surface area (Å²) < 4.78 is 38.9. The highest BCUT2D eigenvalue weighted by Crippen LogP contribution is 2.20. The average molecular weight is 233 g/mol. The van der Waals surface area contributed by atoms with E-state index in [9.17, 15) is 13.2 Å². The third-order valence-electron chi connectivity index (χ3n) is 1.93. The number of nitrogens with two attached hydrogens (primary N) is 1. The van der Waals surface area contributed by atoms with E-state index < -0.39 is 29.2 Å². The van der Waals surface area contributed by atoms with Crippen molar-refractivity contribution in [2.75, 3.05) is 5.32 Å². The van der Waals surface area contributed by atoms with Gasteiger partial charge in [0.1, 0.15) is 11.5 Å². The molecule has 7 heteroatoms. The molecule has 16 heavy (non-hydrogen) atoms. The number of oxime groups is 1. The van der Waals surface area contributed by atoms with Crippen LogP contribution in [0.15, 0.2) is 17.3 Å². The maximum Gasteiger partial charge on any atom is 0.161 e. The SMILES string of the molecule is CC(Nc1c(F)cc(F)cc1F)C(N)=NO. The lowest BCUT2D eigenvalue weighted by Gasteiger charge is -2.14. The van der Waals surface area contributed by atoms with Gasteiger partial charge in [-0.1, -0.05) is 5.16 Å². The summed E-state index contributed by atoms with van der Waals surface area (Å²) in [4.78, 5) is 0. The zero-order chi connectivity index (χ0) is 12.3. The minimum Gasteiger partial charge on any atom is -0.409 e. The van der Waals surface area contributed by atoms with Gasteiger partial charge in [0.15, 0.2) is 17.5 Å². The summed E-state index contributed by atoms with van der Waals surface area (Å²) in [6, 6.07) is 0.272. The highest BCUT2D eigenvalue weighted by atomic mass is 19.1. The first kappa shape index (κ1) is 12.2. The third-order valence-corrected chi connectivity index (χ3v) is 1.93. The summed E-state index contributed by atoms with van der Waals surface area (Å²) in [6.45, 7) is 1.43. The Balaban J connectivity index is 2.98. The van der Waals surface area contributed by atoms with E-state index in [1.54, 1.807) is 0 Å². The zero-order valence-corrected chi connectivity index (χ0v) is 8.34. The van der Waals surface area contributed by atoms with E-state index in [2.05, 4.69) is 10.5 Å². The quantitative estimate of drug-likeness (QED) is 0.322. The van der Waals surface area contributed by atoms with Crippen molar-refractivity contribution in [3.05, 3.63) is 29.6 Å². The lowest BCUT2D eigenvalue weighted by molar-refractivity contribution is 0.316. The Morgan fingerprint density at radius 3 is 2.31 bits per heavy atom. The number of hydrogen-bond acceptors (Lipinski definition) is 3. The normalized spacial score (nSPS) is 13.6. The molecular weight excluding hydrogens is 223 g/mol. The number of rotatable bonds is 3. The Kier molecular flexibility index (Phi) is 3.60. The van der Waals surface area contributed by atoms with Crippen LogP contribution in [0.5, 0.6) is 0 Å². The molecule has 4 N–H and O–H groups in total. The number of anilines is 1. The molecule has 1 aromatic carbocycles. The van der Waals surface area contributed by atoms with Crippen LogP contribution in [0.4, 0.5) is 18.9 Å². The zero-order valence-electron chi connectivity index (χ0n) is 8.34. The first-order chi connectivity index (χ1) is 7.45. The molecule has 1 rings (SSSR count). The molecule has 1 atom stereocenters. The standard InChI is InChI=1S/C9H10F3N3O/c1-4(9(13)15-16)14-8-6(11)2-5(10)3-7(8)12/h2-4,14,16H,1H3,(H2,13,15). The van der Waals surface area contributed by atoms with Crippen molar-refractivity contribution < 1.29 is 18.4 Å². The second kappa shape index (κ2) is 4.73. The molecule has 88 valence electrons. The fraction of sp³-hybridized carbons (Fsp3) is 0.222. The van der Waals surface area contributed by atoms with Gasteiger partial charge in [0.2, 0.25) is 0 Å². The van der Waals surface area contributed by atoms with Crippen LogP contribution in [-0.2, 0) is 0 Å². The van der Waals surface area contributed by atoms with E-state index in [1.165, 1.54) is 6.92 Å². The van der Waals surface area contributed by atoms with Crippen molar-refractivity contribution in [3.63, 3.8) is 0 Å². The largest absolute Gasteiger partial charge is 0.409 e. The first-order valence-electron chi connectivity index (χ1n) is 4.34. The smallest absolute Gasteiger partial charge is 0.161 e. The van der Waals surface area contributed by atoms with Crippen LogP contribution in [0.25, 0.3) is 0 Å². The Morgan fingerprint density at radius 2 is 1.88 bits per heavy atom. The van der Waals surface area contributed by atoms with Crippen molar-refractivity contribution in [2.45, 2.75) is 13.0 Å². The van der Waals surface area contributed by atoms with E-state index in [0.717, 1.165) is 0 Å². The van der Waals surface area contributed by atoms with Gasteiger partial charge < -0.3 is 16.3 Å². The maximum absolute atomic E-state index is 13.2. The lowest BCUT2D eigenvalue weighted by atomic mass is 10.2. The topological polar surface area (TPSA) is 70.6 Å². The average Bonchev–Trinajstić information content (AvgIpc) is 2.21. The first-order valence-corrected chi connectivity index (χ1v) is 4.34. The highest BCUT2D eigenvalue weighted by molar-refractivity contribution is 5.87. The monoisotopic (exact) mass is 233 g/mol. The van der Waals surface area contributed by atoms with E-state index in [1.807, 2.05) is 0 Å². The fourth-order valence-corrected chi connectivity index (χ4v) is 1.06. The second-order valence-electron chi connectivity index (χ2n) is 3.14. The molecule has 4 nitrogen and oxygen atoms in total. The van der Waals surface area contributed by atoms with Gasteiger partial charge in [-0.2, -0.15) is 0 Å². The van der Waals surface area contributed by atoms with Gasteiger partial charge in [-0.3, -0.25) is 0 Å². The minimum atomic E-state index is -1.09. The number of amidine groups is 1. The number of halogens is 3. The van der Waals surface area contributed by atoms with Crippen molar-refractivity contribution in [3.8, 4) is 0 Å². The number of nitrogens with one attached hydrogen (secondary N) is 1. The lowest BCUT2D eigenvalue weighted by Crippen LogP contribution is -2.33. The van der Waals surface area contributed by atoms with Crippen molar-refractivity contribution in [2.24, 2.45) is 10.9 Å². The van der Waals surface area contributed by atoms with Gasteiger partial charge in [-0.15, -0.1) is 0 Å². The maximum atomic E-state index is 13.2. The number of benzene rings is 1. The summed E-state index contributed by atoms with van der Waals surface area (Å²) in [5.74, 6) is -3.44. The minimum absolute atomic E-state index is 0.247. The predicted octanol–water partition coefficient (Wildman–Crippen LogP) is 1.65. The third kappa shape index (κ3) is 2.56. The molecule has 0 aromatic heterocycles. The van der Waals surface area contributed by atoms with Gasteiger partial charge in [0.25, 0.3) is 0 Å². The summed E-state index contributed by atoms with van der Waals surface area (Å²) >= 11 is 0. The molecule has 0 radical (unpaired) electrons. The van der Waals surface area contributed by atoms with Crippen LogP contribution < -0.4 is 11.1 Å². The van der Waals surface area contributed by atoms with Crippen LogP contribution in [0.2, 0.25) is 0 Å². The van der Waals surface area contributed by atoms with E-state index in [-0.39, 0.29) is 5.84 Å². The summed E-state index contributed by atoms with van der Waals surface area (Å²) in [5, 5.41) is 13.3. The van der Waals surface area contributed by atoms with Gasteiger partial charge in [-0.25, -0.2) is 13.2 Å². The van der Waals surface area contributed by atoms with Crippen molar-refractivity contribution in [1.29, 1.82) is 0 Å². The van der Waals surface area contributed by atoms with E-state index >= 15 is 0 Å². The molecule has 0 bridgehead atoms. The van der Waals surface area contributed by atoms with Crippen LogP contribution in [0, 0.1) is 17.5 Å². The predicted molar refractivity (Wildman–Crippen MR) is 52.8 cm³/mol. The molecule has 0 aliphatic heterocycles. The van der Waals surface area contributed by atoms with Gasteiger partial charge >= 0.3 is 0 Å². The number of hydrogen-bond donors (Lipinski definition) is 3. The molecule has 0 fully saturated rings. The molecule has 1 unspecified atom stereocenters. The molecule has 0 aliphatic carbocycles. The summed E-state index contributed by atoms with van der Waals surface area (Å²) in [7, 11) is 0. The summed E-state index contributed by atoms with van der Waals surface area (Å²) in [6.07, 6.45) is 0. The molecule has 0 saturated carbocycles. The molecule has 0 amide bonds. The Bertz CT molecular complexity index is 399. The summed E-state index contributed by atoms with van der Waals surface area (Å²) in [5.41, 5.74) is 4.69. The van der Waals surface area contributed by atoms with E-state index in [0.29, 0.717) is 12.1 Å². The van der Waals surface area contributed by atoms with Gasteiger partial charge in [-0.05, 0) is 6.92 Å². The van der Waals surface area contributed by atoms with Crippen LogP contribution in [0.1, 0.15) is 6.92 Å². The Hall–Kier alpha value is -1.92. The molecule has 0 spiro atoms. The van der Waals surface area contributed by atoms with Crippen LogP contribution in [0.3, 0.4) is 0 Å². The van der Waals surface area contributed by atoms with Crippen molar-refractivity contribution >= 4 is 11.5 Å². The molecular formula is C9H10F3N3O. The van der Waals surface area contributed by atoms with Crippen LogP contribution in [-0.4, -0.2) is 17.1 Å². The second-order valence-corrected chi connectivity index (χ2v) is 3.14. The van der Waals surface area contributed by atoms with Gasteiger partial charge in [0.05, 0.1) is 6.04 Å². The number of nitrogens with zero attached hydrogens (tertiary/aromatic N) is 1. The molecule has 1 aromatic rings. The van der Waals surface area contributed by atoms with E-state index in [4.69, 9.17) is 10.9 Å².